The van der Waals surface area contributed by atoms with Crippen molar-refractivity contribution in [2.24, 2.45) is 5.73 Å². The quantitative estimate of drug-likeness (QED) is 0.886. The van der Waals surface area contributed by atoms with Crippen LogP contribution in [0, 0.1) is 6.92 Å². The molecule has 1 heterocycles. The highest BCUT2D eigenvalue weighted by Gasteiger charge is 2.24. The molecule has 0 saturated carbocycles. The summed E-state index contributed by atoms with van der Waals surface area (Å²) in [7, 11) is 0. The molecule has 0 unspecified atom stereocenters. The Hall–Kier alpha value is -2.14. The van der Waals surface area contributed by atoms with Crippen LogP contribution in [0.5, 0.6) is 0 Å². The van der Waals surface area contributed by atoms with Gasteiger partial charge in [0.25, 0.3) is 5.91 Å². The van der Waals surface area contributed by atoms with Crippen molar-refractivity contribution in [2.75, 3.05) is 19.6 Å². The first-order chi connectivity index (χ1) is 11.3. The first-order valence-electron chi connectivity index (χ1n) is 8.43. The van der Waals surface area contributed by atoms with Gasteiger partial charge >= 0.3 is 0 Å². The van der Waals surface area contributed by atoms with E-state index < -0.39 is 0 Å². The van der Waals surface area contributed by atoms with Crippen LogP contribution in [0.4, 0.5) is 0 Å². The molecule has 1 aromatic heterocycles. The minimum Gasteiger partial charge on any atom is -0.337 e. The van der Waals surface area contributed by atoms with Crippen molar-refractivity contribution in [3.63, 3.8) is 0 Å². The highest BCUT2D eigenvalue weighted by atomic mass is 16.2. The molecule has 0 aliphatic carbocycles. The number of carbonyl (C=O) groups is 1. The Morgan fingerprint density at radius 2 is 1.88 bits per heavy atom. The second kappa shape index (κ2) is 7.62. The topological polar surface area (TPSA) is 64.2 Å². The summed E-state index contributed by atoms with van der Waals surface area (Å²) >= 11 is 0. The maximum atomic E-state index is 12.9. The summed E-state index contributed by atoms with van der Waals surface area (Å²) in [5.74, 6) is 0.00406. The van der Waals surface area contributed by atoms with Gasteiger partial charge < -0.3 is 10.6 Å². The van der Waals surface area contributed by atoms with E-state index in [0.717, 1.165) is 12.1 Å². The van der Waals surface area contributed by atoms with Crippen LogP contribution < -0.4 is 5.73 Å². The Morgan fingerprint density at radius 1 is 1.21 bits per heavy atom. The fraction of sp³-hybridized carbons (Fsp3) is 0.474. The average molecular weight is 328 g/mol. The highest BCUT2D eigenvalue weighted by Crippen LogP contribution is 2.19. The van der Waals surface area contributed by atoms with Crippen LogP contribution in [0.3, 0.4) is 0 Å². The second-order valence-electron chi connectivity index (χ2n) is 7.04. The molecule has 1 aromatic carbocycles. The molecule has 130 valence electrons. The first-order valence-corrected chi connectivity index (χ1v) is 8.43. The Labute approximate surface area is 144 Å². The number of nitrogens with two attached hydrogens (primary N) is 1. The third-order valence-corrected chi connectivity index (χ3v) is 4.08. The van der Waals surface area contributed by atoms with Crippen molar-refractivity contribution in [1.82, 2.24) is 14.7 Å². The number of hydrogen-bond acceptors (Lipinski definition) is 3. The van der Waals surface area contributed by atoms with Crippen molar-refractivity contribution in [1.29, 1.82) is 0 Å². The molecule has 24 heavy (non-hydrogen) atoms. The van der Waals surface area contributed by atoms with Crippen LogP contribution in [0.2, 0.25) is 0 Å². The molecule has 5 heteroatoms. The third-order valence-electron chi connectivity index (χ3n) is 4.08. The fourth-order valence-corrected chi connectivity index (χ4v) is 2.85. The average Bonchev–Trinajstić information content (AvgIpc) is 2.93. The summed E-state index contributed by atoms with van der Waals surface area (Å²) < 4.78 is 1.90. The standard InChI is InChI=1S/C19H28N4O/c1-15-17(14-21-23(15)19(2,3)4)18(24)22(13-11-20)12-10-16-8-6-5-7-9-16/h5-9,14H,10-13,20H2,1-4H3. The smallest absolute Gasteiger partial charge is 0.257 e. The molecule has 5 nitrogen and oxygen atoms in total. The molecule has 0 bridgehead atoms. The van der Waals surface area contributed by atoms with Crippen LogP contribution in [0.25, 0.3) is 0 Å². The van der Waals surface area contributed by atoms with E-state index in [1.165, 1.54) is 5.56 Å². The molecule has 0 radical (unpaired) electrons. The van der Waals surface area contributed by atoms with Crippen molar-refractivity contribution in [3.8, 4) is 0 Å². The molecule has 0 saturated heterocycles. The summed E-state index contributed by atoms with van der Waals surface area (Å²) in [6.45, 7) is 9.83. The number of amides is 1. The van der Waals surface area contributed by atoms with Gasteiger partial charge in [0.2, 0.25) is 0 Å². The first kappa shape index (κ1) is 18.2. The van der Waals surface area contributed by atoms with Crippen LogP contribution in [0.1, 0.15) is 42.4 Å². The zero-order valence-electron chi connectivity index (χ0n) is 15.1. The molecular formula is C19H28N4O. The van der Waals surface area contributed by atoms with Crippen LogP contribution in [0.15, 0.2) is 36.5 Å². The van der Waals surface area contributed by atoms with E-state index in [2.05, 4.69) is 38.0 Å². The summed E-state index contributed by atoms with van der Waals surface area (Å²) in [4.78, 5) is 14.8. The van der Waals surface area contributed by atoms with Gasteiger partial charge in [-0.25, -0.2) is 0 Å². The number of carbonyl (C=O) groups excluding carboxylic acids is 1. The summed E-state index contributed by atoms with van der Waals surface area (Å²) in [6, 6.07) is 10.2. The van der Waals surface area contributed by atoms with E-state index in [1.54, 1.807) is 6.20 Å². The highest BCUT2D eigenvalue weighted by molar-refractivity contribution is 5.95. The Kier molecular flexibility index (Phi) is 5.78. The lowest BCUT2D eigenvalue weighted by Gasteiger charge is -2.24. The molecular weight excluding hydrogens is 300 g/mol. The molecule has 0 atom stereocenters. The van der Waals surface area contributed by atoms with Crippen molar-refractivity contribution in [3.05, 3.63) is 53.3 Å². The van der Waals surface area contributed by atoms with Gasteiger partial charge in [-0.2, -0.15) is 5.10 Å². The van der Waals surface area contributed by atoms with Gasteiger partial charge in [-0.05, 0) is 39.7 Å². The molecule has 0 spiro atoms. The van der Waals surface area contributed by atoms with Gasteiger partial charge in [0.1, 0.15) is 0 Å². The monoisotopic (exact) mass is 328 g/mol. The van der Waals surface area contributed by atoms with Gasteiger partial charge in [0.15, 0.2) is 0 Å². The number of benzene rings is 1. The molecule has 1 amide bonds. The lowest BCUT2D eigenvalue weighted by molar-refractivity contribution is 0.0761. The molecule has 2 rings (SSSR count). The maximum absolute atomic E-state index is 12.9. The van der Waals surface area contributed by atoms with Crippen molar-refractivity contribution >= 4 is 5.91 Å². The van der Waals surface area contributed by atoms with E-state index in [4.69, 9.17) is 5.73 Å². The predicted octanol–water partition coefficient (Wildman–Crippen LogP) is 2.59. The van der Waals surface area contributed by atoms with E-state index in [0.29, 0.717) is 25.2 Å². The lowest BCUT2D eigenvalue weighted by Crippen LogP contribution is -2.37. The molecule has 0 aliphatic heterocycles. The lowest BCUT2D eigenvalue weighted by atomic mass is 10.1. The van der Waals surface area contributed by atoms with Gasteiger partial charge in [0, 0.05) is 25.3 Å². The van der Waals surface area contributed by atoms with E-state index >= 15 is 0 Å². The zero-order chi connectivity index (χ0) is 17.7. The minimum atomic E-state index is -0.147. The number of hydrogen-bond donors (Lipinski definition) is 1. The van der Waals surface area contributed by atoms with Crippen molar-refractivity contribution in [2.45, 2.75) is 39.7 Å². The Morgan fingerprint density at radius 3 is 2.42 bits per heavy atom. The van der Waals surface area contributed by atoms with Gasteiger partial charge in [-0.3, -0.25) is 9.48 Å². The molecule has 0 aliphatic rings. The minimum absolute atomic E-state index is 0.00406. The van der Waals surface area contributed by atoms with Crippen LogP contribution in [-0.4, -0.2) is 40.2 Å². The number of rotatable bonds is 6. The number of nitrogens with zero attached hydrogens (tertiary/aromatic N) is 3. The van der Waals surface area contributed by atoms with Gasteiger partial charge in [-0.1, -0.05) is 30.3 Å². The predicted molar refractivity (Wildman–Crippen MR) is 97.1 cm³/mol. The maximum Gasteiger partial charge on any atom is 0.257 e. The normalized spacial score (nSPS) is 11.5. The van der Waals surface area contributed by atoms with Crippen molar-refractivity contribution < 1.29 is 4.79 Å². The van der Waals surface area contributed by atoms with Crippen LogP contribution in [-0.2, 0) is 12.0 Å². The fourth-order valence-electron chi connectivity index (χ4n) is 2.85. The zero-order valence-corrected chi connectivity index (χ0v) is 15.1. The van der Waals surface area contributed by atoms with E-state index in [-0.39, 0.29) is 11.4 Å². The third kappa shape index (κ3) is 4.23. The molecule has 2 aromatic rings. The SMILES string of the molecule is Cc1c(C(=O)N(CCN)CCc2ccccc2)cnn1C(C)(C)C. The van der Waals surface area contributed by atoms with Gasteiger partial charge in [-0.15, -0.1) is 0 Å². The Bertz CT molecular complexity index is 670. The largest absolute Gasteiger partial charge is 0.337 e. The van der Waals surface area contributed by atoms with Crippen LogP contribution >= 0.6 is 0 Å². The summed E-state index contributed by atoms with van der Waals surface area (Å²) in [6.07, 6.45) is 2.49. The summed E-state index contributed by atoms with van der Waals surface area (Å²) in [5, 5.41) is 4.41. The van der Waals surface area contributed by atoms with E-state index in [1.807, 2.05) is 34.7 Å². The number of aromatic nitrogens is 2. The molecule has 0 fully saturated rings. The second-order valence-corrected chi connectivity index (χ2v) is 7.04. The summed E-state index contributed by atoms with van der Waals surface area (Å²) in [5.41, 5.74) is 8.34. The Balaban J connectivity index is 2.16. The van der Waals surface area contributed by atoms with E-state index in [9.17, 15) is 4.79 Å². The van der Waals surface area contributed by atoms with Gasteiger partial charge in [0.05, 0.1) is 17.3 Å². The molecule has 2 N–H and O–H groups in total.